The Morgan fingerprint density at radius 3 is 3.00 bits per heavy atom. The van der Waals surface area contributed by atoms with E-state index in [9.17, 15) is 0 Å². The molecule has 0 saturated heterocycles. The van der Waals surface area contributed by atoms with E-state index in [1.54, 1.807) is 22.7 Å². The van der Waals surface area contributed by atoms with Crippen LogP contribution in [0.2, 0.25) is 5.02 Å². The minimum absolute atomic E-state index is 0.758. The zero-order chi connectivity index (χ0) is 11.7. The summed E-state index contributed by atoms with van der Waals surface area (Å²) in [6.07, 6.45) is 3.61. The molecule has 0 bridgehead atoms. The zero-order valence-electron chi connectivity index (χ0n) is 9.15. The molecule has 0 atom stereocenters. The quantitative estimate of drug-likeness (QED) is 0.917. The van der Waals surface area contributed by atoms with Crippen molar-refractivity contribution in [1.29, 1.82) is 0 Å². The van der Waals surface area contributed by atoms with Crippen molar-refractivity contribution in [2.24, 2.45) is 0 Å². The van der Waals surface area contributed by atoms with Gasteiger partial charge in [0.15, 0.2) is 5.01 Å². The summed E-state index contributed by atoms with van der Waals surface area (Å²) in [5, 5.41) is 16.7. The first-order chi connectivity index (χ1) is 8.33. The Bertz CT molecular complexity index is 504. The van der Waals surface area contributed by atoms with Crippen LogP contribution in [0.5, 0.6) is 0 Å². The van der Waals surface area contributed by atoms with Crippen LogP contribution < -0.4 is 5.32 Å². The van der Waals surface area contributed by atoms with Gasteiger partial charge in [0.25, 0.3) is 0 Å². The molecule has 0 unspecified atom stereocenters. The maximum absolute atomic E-state index is 6.07. The molecule has 1 fully saturated rings. The Hall–Kier alpha value is -0.490. The lowest BCUT2D eigenvalue weighted by Crippen LogP contribution is -2.19. The van der Waals surface area contributed by atoms with Gasteiger partial charge >= 0.3 is 0 Å². The van der Waals surface area contributed by atoms with Crippen LogP contribution >= 0.6 is 34.3 Å². The van der Waals surface area contributed by atoms with Crippen molar-refractivity contribution in [2.45, 2.75) is 25.3 Å². The zero-order valence-corrected chi connectivity index (χ0v) is 11.5. The smallest absolute Gasteiger partial charge is 0.159 e. The first kappa shape index (κ1) is 11.6. The number of halogens is 1. The van der Waals surface area contributed by atoms with Gasteiger partial charge in [-0.1, -0.05) is 22.9 Å². The van der Waals surface area contributed by atoms with Gasteiger partial charge < -0.3 is 5.32 Å². The van der Waals surface area contributed by atoms with Gasteiger partial charge in [0.2, 0.25) is 0 Å². The SMILES string of the molecule is Clc1ccsc1-c1nnc(CCNC2CC2)s1. The van der Waals surface area contributed by atoms with Gasteiger partial charge in [0, 0.05) is 19.0 Å². The number of hydrogen-bond acceptors (Lipinski definition) is 5. The van der Waals surface area contributed by atoms with Gasteiger partial charge in [-0.05, 0) is 24.3 Å². The standard InChI is InChI=1S/C11H12ClN3S2/c12-8-4-6-16-10(8)11-15-14-9(17-11)3-5-13-7-1-2-7/h4,6-7,13H,1-3,5H2. The third-order valence-corrected chi connectivity index (χ3v) is 5.11. The Labute approximate surface area is 113 Å². The van der Waals surface area contributed by atoms with E-state index in [0.29, 0.717) is 0 Å². The normalized spacial score (nSPS) is 15.4. The summed E-state index contributed by atoms with van der Waals surface area (Å²) >= 11 is 9.33. The molecule has 0 aliphatic heterocycles. The molecule has 1 aliphatic carbocycles. The molecule has 1 N–H and O–H groups in total. The van der Waals surface area contributed by atoms with Gasteiger partial charge in [-0.3, -0.25) is 0 Å². The maximum Gasteiger partial charge on any atom is 0.159 e. The van der Waals surface area contributed by atoms with Crippen LogP contribution in [0, 0.1) is 0 Å². The molecule has 2 aromatic heterocycles. The van der Waals surface area contributed by atoms with Crippen LogP contribution in [0.4, 0.5) is 0 Å². The third-order valence-electron chi connectivity index (χ3n) is 2.63. The minimum atomic E-state index is 0.758. The van der Waals surface area contributed by atoms with Gasteiger partial charge in [0.05, 0.1) is 9.90 Å². The van der Waals surface area contributed by atoms with E-state index < -0.39 is 0 Å². The second-order valence-electron chi connectivity index (χ2n) is 4.08. The first-order valence-corrected chi connectivity index (χ1v) is 7.69. The fraction of sp³-hybridized carbons (Fsp3) is 0.455. The summed E-state index contributed by atoms with van der Waals surface area (Å²) in [5.41, 5.74) is 0. The Balaban J connectivity index is 1.63. The van der Waals surface area contributed by atoms with E-state index in [1.807, 2.05) is 11.4 Å². The summed E-state index contributed by atoms with van der Waals surface area (Å²) in [6, 6.07) is 2.66. The second kappa shape index (κ2) is 5.02. The highest BCUT2D eigenvalue weighted by molar-refractivity contribution is 7.21. The number of rotatable bonds is 5. The second-order valence-corrected chi connectivity index (χ2v) is 6.46. The van der Waals surface area contributed by atoms with Crippen LogP contribution in [-0.4, -0.2) is 22.8 Å². The van der Waals surface area contributed by atoms with Crippen molar-refractivity contribution in [3.05, 3.63) is 21.5 Å². The number of aromatic nitrogens is 2. The average Bonchev–Trinajstić information content (AvgIpc) is 2.85. The predicted octanol–water partition coefficient (Wildman–Crippen LogP) is 3.21. The first-order valence-electron chi connectivity index (χ1n) is 5.62. The van der Waals surface area contributed by atoms with Gasteiger partial charge in [0.1, 0.15) is 5.01 Å². The molecule has 3 nitrogen and oxygen atoms in total. The fourth-order valence-corrected chi connectivity index (χ4v) is 3.71. The minimum Gasteiger partial charge on any atom is -0.314 e. The van der Waals surface area contributed by atoms with Crippen LogP contribution in [0.1, 0.15) is 17.8 Å². The highest BCUT2D eigenvalue weighted by atomic mass is 35.5. The molecular weight excluding hydrogens is 274 g/mol. The van der Waals surface area contributed by atoms with Crippen molar-refractivity contribution in [3.8, 4) is 9.88 Å². The number of thiophene rings is 1. The monoisotopic (exact) mass is 285 g/mol. The Kier molecular flexibility index (Phi) is 3.42. The molecule has 90 valence electrons. The van der Waals surface area contributed by atoms with Crippen molar-refractivity contribution in [2.75, 3.05) is 6.54 Å². The third kappa shape index (κ3) is 2.85. The van der Waals surface area contributed by atoms with E-state index in [2.05, 4.69) is 15.5 Å². The van der Waals surface area contributed by atoms with Gasteiger partial charge in [-0.25, -0.2) is 0 Å². The highest BCUT2D eigenvalue weighted by Gasteiger charge is 2.20. The summed E-state index contributed by atoms with van der Waals surface area (Å²) in [4.78, 5) is 1.03. The summed E-state index contributed by atoms with van der Waals surface area (Å²) in [6.45, 7) is 0.997. The van der Waals surface area contributed by atoms with Gasteiger partial charge in [-0.2, -0.15) is 0 Å². The Morgan fingerprint density at radius 2 is 2.29 bits per heavy atom. The van der Waals surface area contributed by atoms with E-state index in [-0.39, 0.29) is 0 Å². The molecule has 0 spiro atoms. The highest BCUT2D eigenvalue weighted by Crippen LogP contribution is 2.34. The average molecular weight is 286 g/mol. The Morgan fingerprint density at radius 1 is 1.41 bits per heavy atom. The summed E-state index contributed by atoms with van der Waals surface area (Å²) < 4.78 is 0. The molecule has 0 radical (unpaired) electrons. The van der Waals surface area contributed by atoms with E-state index in [0.717, 1.165) is 38.9 Å². The van der Waals surface area contributed by atoms with E-state index >= 15 is 0 Å². The number of nitrogens with zero attached hydrogens (tertiary/aromatic N) is 2. The summed E-state index contributed by atoms with van der Waals surface area (Å²) in [7, 11) is 0. The van der Waals surface area contributed by atoms with Crippen LogP contribution in [0.25, 0.3) is 9.88 Å². The van der Waals surface area contributed by atoms with Crippen molar-refractivity contribution >= 4 is 34.3 Å². The van der Waals surface area contributed by atoms with Crippen LogP contribution in [0.3, 0.4) is 0 Å². The largest absolute Gasteiger partial charge is 0.314 e. The maximum atomic E-state index is 6.07. The molecule has 2 aromatic rings. The lowest BCUT2D eigenvalue weighted by Gasteiger charge is -1.97. The fourth-order valence-electron chi connectivity index (χ4n) is 1.56. The topological polar surface area (TPSA) is 37.8 Å². The van der Waals surface area contributed by atoms with Crippen LogP contribution in [0.15, 0.2) is 11.4 Å². The number of hydrogen-bond donors (Lipinski definition) is 1. The number of nitrogens with one attached hydrogen (secondary N) is 1. The lowest BCUT2D eigenvalue weighted by atomic mass is 10.4. The molecule has 1 aliphatic rings. The lowest BCUT2D eigenvalue weighted by molar-refractivity contribution is 0.677. The van der Waals surface area contributed by atoms with E-state index in [1.165, 1.54) is 12.8 Å². The molecule has 2 heterocycles. The molecular formula is C11H12ClN3S2. The van der Waals surface area contributed by atoms with Crippen molar-refractivity contribution < 1.29 is 0 Å². The molecule has 0 amide bonds. The van der Waals surface area contributed by atoms with Crippen LogP contribution in [-0.2, 0) is 6.42 Å². The summed E-state index contributed by atoms with van der Waals surface area (Å²) in [5.74, 6) is 0. The molecule has 17 heavy (non-hydrogen) atoms. The van der Waals surface area contributed by atoms with E-state index in [4.69, 9.17) is 11.6 Å². The van der Waals surface area contributed by atoms with Gasteiger partial charge in [-0.15, -0.1) is 21.5 Å². The molecule has 1 saturated carbocycles. The molecule has 6 heteroatoms. The molecule has 0 aromatic carbocycles. The van der Waals surface area contributed by atoms with Crippen molar-refractivity contribution in [3.63, 3.8) is 0 Å². The van der Waals surface area contributed by atoms with Crippen molar-refractivity contribution in [1.82, 2.24) is 15.5 Å². The predicted molar refractivity (Wildman–Crippen MR) is 73.0 cm³/mol. The molecule has 3 rings (SSSR count).